The number of benzene rings is 1. The summed E-state index contributed by atoms with van der Waals surface area (Å²) in [4.78, 5) is 8.70. The van der Waals surface area contributed by atoms with Crippen LogP contribution in [0.25, 0.3) is 0 Å². The molecule has 2 aromatic rings. The summed E-state index contributed by atoms with van der Waals surface area (Å²) in [5, 5.41) is 11.2. The summed E-state index contributed by atoms with van der Waals surface area (Å²) in [6.45, 7) is 3.95. The summed E-state index contributed by atoms with van der Waals surface area (Å²) in [7, 11) is 1.86. The van der Waals surface area contributed by atoms with Crippen LogP contribution in [0, 0.1) is 0 Å². The molecule has 0 unspecified atom stereocenters. The molecule has 0 bridgehead atoms. The Labute approximate surface area is 152 Å². The van der Waals surface area contributed by atoms with E-state index < -0.39 is 0 Å². The number of halogens is 2. The van der Waals surface area contributed by atoms with Gasteiger partial charge in [0.2, 0.25) is 0 Å². The molecule has 0 atom stereocenters. The average molecular weight is 435 g/mol. The van der Waals surface area contributed by atoms with E-state index in [1.807, 2.05) is 38.2 Å². The number of aryl methyl sites for hydroxylation is 1. The molecule has 0 aliphatic carbocycles. The minimum atomic E-state index is 0. The lowest BCUT2D eigenvalue weighted by atomic mass is 10.2. The van der Waals surface area contributed by atoms with Gasteiger partial charge >= 0.3 is 0 Å². The van der Waals surface area contributed by atoms with Gasteiger partial charge in [-0.2, -0.15) is 5.10 Å². The van der Waals surface area contributed by atoms with Crippen LogP contribution in [0.4, 0.5) is 0 Å². The first kappa shape index (κ1) is 18.7. The normalized spacial score (nSPS) is 11.0. The number of guanidine groups is 1. The Bertz CT molecular complexity index is 613. The Morgan fingerprint density at radius 3 is 2.82 bits per heavy atom. The van der Waals surface area contributed by atoms with Gasteiger partial charge in [-0.05, 0) is 24.6 Å². The zero-order chi connectivity index (χ0) is 15.1. The molecule has 1 aromatic heterocycles. The number of rotatable bonds is 5. The molecule has 6 nitrogen and oxygen atoms in total. The molecule has 0 aliphatic heterocycles. The summed E-state index contributed by atoms with van der Waals surface area (Å²) in [6, 6.07) is 7.69. The first-order chi connectivity index (χ1) is 10.2. The molecule has 22 heavy (non-hydrogen) atoms. The van der Waals surface area contributed by atoms with E-state index in [-0.39, 0.29) is 24.0 Å². The maximum absolute atomic E-state index is 5.97. The average Bonchev–Trinajstić information content (AvgIpc) is 2.87. The SMILES string of the molecule is CCNC(=NCc1cccc(Cl)c1)NCc1ncnn1C.I. The monoisotopic (exact) mass is 434 g/mol. The van der Waals surface area contributed by atoms with Crippen molar-refractivity contribution in [2.75, 3.05) is 6.54 Å². The van der Waals surface area contributed by atoms with Gasteiger partial charge in [-0.15, -0.1) is 24.0 Å². The van der Waals surface area contributed by atoms with Crippen molar-refractivity contribution in [2.45, 2.75) is 20.0 Å². The van der Waals surface area contributed by atoms with Crippen molar-refractivity contribution in [2.24, 2.45) is 12.0 Å². The van der Waals surface area contributed by atoms with Crippen molar-refractivity contribution >= 4 is 41.5 Å². The molecule has 0 spiro atoms. The Kier molecular flexibility index (Phi) is 8.18. The van der Waals surface area contributed by atoms with E-state index in [0.29, 0.717) is 13.1 Å². The zero-order valence-electron chi connectivity index (χ0n) is 12.6. The molecule has 0 aliphatic rings. The first-order valence-electron chi connectivity index (χ1n) is 6.78. The number of hydrogen-bond donors (Lipinski definition) is 2. The van der Waals surface area contributed by atoms with Crippen molar-refractivity contribution in [1.82, 2.24) is 25.4 Å². The first-order valence-corrected chi connectivity index (χ1v) is 7.16. The summed E-state index contributed by atoms with van der Waals surface area (Å²) < 4.78 is 1.73. The van der Waals surface area contributed by atoms with Crippen LogP contribution in [-0.2, 0) is 20.1 Å². The van der Waals surface area contributed by atoms with Crippen molar-refractivity contribution in [3.63, 3.8) is 0 Å². The van der Waals surface area contributed by atoms with Crippen LogP contribution in [0.1, 0.15) is 18.3 Å². The van der Waals surface area contributed by atoms with Crippen LogP contribution in [0.3, 0.4) is 0 Å². The maximum atomic E-state index is 5.97. The highest BCUT2D eigenvalue weighted by Gasteiger charge is 2.02. The quantitative estimate of drug-likeness (QED) is 0.431. The van der Waals surface area contributed by atoms with Gasteiger partial charge in [-0.25, -0.2) is 9.98 Å². The van der Waals surface area contributed by atoms with Crippen molar-refractivity contribution < 1.29 is 0 Å². The molecule has 8 heteroatoms. The molecule has 0 saturated carbocycles. The molecular weight excluding hydrogens is 415 g/mol. The van der Waals surface area contributed by atoms with Gasteiger partial charge in [0.05, 0.1) is 13.1 Å². The molecule has 2 N–H and O–H groups in total. The molecule has 0 amide bonds. The number of nitrogens with zero attached hydrogens (tertiary/aromatic N) is 4. The van der Waals surface area contributed by atoms with Crippen LogP contribution in [0.5, 0.6) is 0 Å². The molecule has 0 radical (unpaired) electrons. The Morgan fingerprint density at radius 1 is 1.36 bits per heavy atom. The molecule has 1 aromatic carbocycles. The topological polar surface area (TPSA) is 67.1 Å². The molecule has 120 valence electrons. The van der Waals surface area contributed by atoms with E-state index in [4.69, 9.17) is 11.6 Å². The lowest BCUT2D eigenvalue weighted by Gasteiger charge is -2.10. The number of hydrogen-bond acceptors (Lipinski definition) is 3. The minimum Gasteiger partial charge on any atom is -0.357 e. The smallest absolute Gasteiger partial charge is 0.191 e. The van der Waals surface area contributed by atoms with E-state index in [9.17, 15) is 0 Å². The maximum Gasteiger partial charge on any atom is 0.191 e. The summed E-state index contributed by atoms with van der Waals surface area (Å²) in [6.07, 6.45) is 1.53. The molecule has 0 saturated heterocycles. The molecule has 2 rings (SSSR count). The number of aromatic nitrogens is 3. The second kappa shape index (κ2) is 9.62. The van der Waals surface area contributed by atoms with Gasteiger partial charge in [0.15, 0.2) is 5.96 Å². The Balaban J connectivity index is 0.00000242. The van der Waals surface area contributed by atoms with Gasteiger partial charge in [0.25, 0.3) is 0 Å². The highest BCUT2D eigenvalue weighted by molar-refractivity contribution is 14.0. The zero-order valence-corrected chi connectivity index (χ0v) is 15.7. The molecular formula is C14H20ClIN6. The van der Waals surface area contributed by atoms with Crippen LogP contribution in [0.15, 0.2) is 35.6 Å². The van der Waals surface area contributed by atoms with Gasteiger partial charge in [-0.1, -0.05) is 23.7 Å². The third-order valence-electron chi connectivity index (χ3n) is 2.87. The van der Waals surface area contributed by atoms with Crippen LogP contribution in [-0.4, -0.2) is 27.3 Å². The summed E-state index contributed by atoms with van der Waals surface area (Å²) in [5.41, 5.74) is 1.07. The Morgan fingerprint density at radius 2 is 2.18 bits per heavy atom. The highest BCUT2D eigenvalue weighted by atomic mass is 127. The standard InChI is InChI=1S/C14H19ClN6.HI/c1-3-16-14(18-9-13-19-10-20-21(13)2)17-8-11-5-4-6-12(15)7-11;/h4-7,10H,3,8-9H2,1-2H3,(H2,16,17,18);1H. The second-order valence-electron chi connectivity index (χ2n) is 4.48. The summed E-state index contributed by atoms with van der Waals surface area (Å²) in [5.74, 6) is 1.59. The highest BCUT2D eigenvalue weighted by Crippen LogP contribution is 2.11. The third kappa shape index (κ3) is 5.80. The van der Waals surface area contributed by atoms with Crippen LogP contribution in [0.2, 0.25) is 5.02 Å². The number of aliphatic imine (C=N–C) groups is 1. The van der Waals surface area contributed by atoms with E-state index in [1.54, 1.807) is 4.68 Å². The van der Waals surface area contributed by atoms with E-state index in [2.05, 4.69) is 25.7 Å². The fourth-order valence-corrected chi connectivity index (χ4v) is 2.00. The van der Waals surface area contributed by atoms with Crippen LogP contribution < -0.4 is 10.6 Å². The lowest BCUT2D eigenvalue weighted by molar-refractivity contribution is 0.673. The summed E-state index contributed by atoms with van der Waals surface area (Å²) >= 11 is 5.97. The lowest BCUT2D eigenvalue weighted by Crippen LogP contribution is -2.37. The van der Waals surface area contributed by atoms with Gasteiger partial charge in [0, 0.05) is 18.6 Å². The fraction of sp³-hybridized carbons (Fsp3) is 0.357. The predicted octanol–water partition coefficient (Wildman–Crippen LogP) is 2.34. The predicted molar refractivity (Wildman–Crippen MR) is 99.5 cm³/mol. The van der Waals surface area contributed by atoms with E-state index >= 15 is 0 Å². The minimum absolute atomic E-state index is 0. The molecule has 1 heterocycles. The van der Waals surface area contributed by atoms with Crippen molar-refractivity contribution in [1.29, 1.82) is 0 Å². The van der Waals surface area contributed by atoms with Crippen molar-refractivity contribution in [3.8, 4) is 0 Å². The Hall–Kier alpha value is -1.35. The fourth-order valence-electron chi connectivity index (χ4n) is 1.79. The van der Waals surface area contributed by atoms with Gasteiger partial charge < -0.3 is 10.6 Å². The van der Waals surface area contributed by atoms with Gasteiger partial charge in [-0.3, -0.25) is 4.68 Å². The van der Waals surface area contributed by atoms with E-state index in [0.717, 1.165) is 28.9 Å². The van der Waals surface area contributed by atoms with Crippen molar-refractivity contribution in [3.05, 3.63) is 47.0 Å². The van der Waals surface area contributed by atoms with Crippen LogP contribution >= 0.6 is 35.6 Å². The van der Waals surface area contributed by atoms with Gasteiger partial charge in [0.1, 0.15) is 12.2 Å². The molecule has 0 fully saturated rings. The second-order valence-corrected chi connectivity index (χ2v) is 4.91. The largest absolute Gasteiger partial charge is 0.357 e. The third-order valence-corrected chi connectivity index (χ3v) is 3.11. The van der Waals surface area contributed by atoms with E-state index in [1.165, 1.54) is 6.33 Å². The number of nitrogens with one attached hydrogen (secondary N) is 2.